The molecule has 0 aliphatic carbocycles. The molecule has 2 aromatic heterocycles. The van der Waals surface area contributed by atoms with E-state index in [0.29, 0.717) is 31.2 Å². The van der Waals surface area contributed by atoms with Gasteiger partial charge >= 0.3 is 0 Å². The standard InChI is InChI=1S/C20H21N5O2/c26-20(15-16-5-2-1-3-6-16)24-13-9-17(10-14-24)27-19-8-7-18(22-23-19)25-12-4-11-21-25/h1-8,11-12,17H,9-10,13-15H2. The summed E-state index contributed by atoms with van der Waals surface area (Å²) in [5.74, 6) is 1.32. The zero-order chi connectivity index (χ0) is 18.5. The van der Waals surface area contributed by atoms with Crippen molar-refractivity contribution in [2.75, 3.05) is 13.1 Å². The average molecular weight is 363 g/mol. The summed E-state index contributed by atoms with van der Waals surface area (Å²) in [7, 11) is 0. The Labute approximate surface area is 157 Å². The number of piperidine rings is 1. The molecule has 1 aliphatic heterocycles. The van der Waals surface area contributed by atoms with Crippen LogP contribution in [-0.2, 0) is 11.2 Å². The molecule has 7 nitrogen and oxygen atoms in total. The molecule has 0 N–H and O–H groups in total. The van der Waals surface area contributed by atoms with Crippen molar-refractivity contribution in [1.29, 1.82) is 0 Å². The van der Waals surface area contributed by atoms with Crippen molar-refractivity contribution in [3.8, 4) is 11.7 Å². The van der Waals surface area contributed by atoms with Crippen LogP contribution in [0.2, 0.25) is 0 Å². The van der Waals surface area contributed by atoms with E-state index < -0.39 is 0 Å². The summed E-state index contributed by atoms with van der Waals surface area (Å²) >= 11 is 0. The van der Waals surface area contributed by atoms with Gasteiger partial charge in [-0.2, -0.15) is 5.10 Å². The monoisotopic (exact) mass is 363 g/mol. The molecule has 7 heteroatoms. The van der Waals surface area contributed by atoms with E-state index in [0.717, 1.165) is 18.4 Å². The van der Waals surface area contributed by atoms with E-state index in [-0.39, 0.29) is 12.0 Å². The minimum atomic E-state index is 0.0515. The number of likely N-dealkylation sites (tertiary alicyclic amines) is 1. The molecule has 4 rings (SSSR count). The minimum Gasteiger partial charge on any atom is -0.473 e. The van der Waals surface area contributed by atoms with Crippen molar-refractivity contribution < 1.29 is 9.53 Å². The molecule has 1 fully saturated rings. The summed E-state index contributed by atoms with van der Waals surface area (Å²) in [5, 5.41) is 12.4. The maximum Gasteiger partial charge on any atom is 0.233 e. The lowest BCUT2D eigenvalue weighted by Gasteiger charge is -2.32. The summed E-state index contributed by atoms with van der Waals surface area (Å²) in [6.07, 6.45) is 5.60. The Morgan fingerprint density at radius 2 is 1.85 bits per heavy atom. The van der Waals surface area contributed by atoms with E-state index in [2.05, 4.69) is 15.3 Å². The lowest BCUT2D eigenvalue weighted by atomic mass is 10.1. The first-order chi connectivity index (χ1) is 13.3. The number of nitrogens with zero attached hydrogens (tertiary/aromatic N) is 5. The fourth-order valence-corrected chi connectivity index (χ4v) is 3.18. The van der Waals surface area contributed by atoms with Crippen molar-refractivity contribution in [3.05, 3.63) is 66.5 Å². The van der Waals surface area contributed by atoms with Crippen LogP contribution in [0, 0.1) is 0 Å². The van der Waals surface area contributed by atoms with E-state index in [1.54, 1.807) is 16.9 Å². The van der Waals surface area contributed by atoms with Gasteiger partial charge in [-0.25, -0.2) is 4.68 Å². The maximum absolute atomic E-state index is 12.4. The van der Waals surface area contributed by atoms with Gasteiger partial charge in [0.05, 0.1) is 6.42 Å². The van der Waals surface area contributed by atoms with Gasteiger partial charge in [0.2, 0.25) is 11.8 Å². The van der Waals surface area contributed by atoms with E-state index >= 15 is 0 Å². The Kier molecular flexibility index (Phi) is 5.09. The molecule has 0 unspecified atom stereocenters. The minimum absolute atomic E-state index is 0.0515. The normalized spacial score (nSPS) is 14.9. The molecule has 0 radical (unpaired) electrons. The molecule has 0 atom stereocenters. The van der Waals surface area contributed by atoms with Crippen LogP contribution in [0.5, 0.6) is 5.88 Å². The zero-order valence-electron chi connectivity index (χ0n) is 14.9. The molecule has 1 aliphatic rings. The van der Waals surface area contributed by atoms with Crippen molar-refractivity contribution in [2.45, 2.75) is 25.4 Å². The van der Waals surface area contributed by atoms with Crippen molar-refractivity contribution >= 4 is 5.91 Å². The van der Waals surface area contributed by atoms with Gasteiger partial charge < -0.3 is 9.64 Å². The molecule has 3 heterocycles. The van der Waals surface area contributed by atoms with E-state index in [1.807, 2.05) is 53.6 Å². The number of aromatic nitrogens is 4. The molecule has 3 aromatic rings. The van der Waals surface area contributed by atoms with Gasteiger partial charge in [0.1, 0.15) is 6.10 Å². The Bertz CT molecular complexity index is 857. The lowest BCUT2D eigenvalue weighted by Crippen LogP contribution is -2.42. The summed E-state index contributed by atoms with van der Waals surface area (Å²) in [5.41, 5.74) is 1.05. The van der Waals surface area contributed by atoms with Crippen molar-refractivity contribution in [3.63, 3.8) is 0 Å². The Morgan fingerprint density at radius 3 is 2.52 bits per heavy atom. The number of hydrogen-bond donors (Lipinski definition) is 0. The number of hydrogen-bond acceptors (Lipinski definition) is 5. The van der Waals surface area contributed by atoms with Gasteiger partial charge in [0, 0.05) is 44.4 Å². The molecule has 1 aromatic carbocycles. The van der Waals surface area contributed by atoms with E-state index in [1.165, 1.54) is 0 Å². The molecule has 0 saturated carbocycles. The SMILES string of the molecule is O=C(Cc1ccccc1)N1CCC(Oc2ccc(-n3cccn3)nn2)CC1. The first kappa shape index (κ1) is 17.2. The Balaban J connectivity index is 1.27. The second-order valence-electron chi connectivity index (χ2n) is 6.54. The fraction of sp³-hybridized carbons (Fsp3) is 0.300. The molecule has 1 amide bonds. The smallest absolute Gasteiger partial charge is 0.233 e. The fourth-order valence-electron chi connectivity index (χ4n) is 3.18. The van der Waals surface area contributed by atoms with Crippen LogP contribution in [0.15, 0.2) is 60.9 Å². The van der Waals surface area contributed by atoms with Gasteiger partial charge in [-0.3, -0.25) is 4.79 Å². The van der Waals surface area contributed by atoms with Gasteiger partial charge in [0.15, 0.2) is 5.82 Å². The second kappa shape index (κ2) is 7.99. The molecule has 0 spiro atoms. The van der Waals surface area contributed by atoms with Gasteiger partial charge in [-0.15, -0.1) is 10.2 Å². The van der Waals surface area contributed by atoms with Crippen LogP contribution in [0.4, 0.5) is 0 Å². The summed E-state index contributed by atoms with van der Waals surface area (Å²) in [6.45, 7) is 1.41. The number of carbonyl (C=O) groups excluding carboxylic acids is 1. The maximum atomic E-state index is 12.4. The number of carbonyl (C=O) groups is 1. The van der Waals surface area contributed by atoms with E-state index in [9.17, 15) is 4.79 Å². The number of rotatable bonds is 5. The largest absolute Gasteiger partial charge is 0.473 e. The van der Waals surface area contributed by atoms with Crippen LogP contribution in [0.25, 0.3) is 5.82 Å². The van der Waals surface area contributed by atoms with E-state index in [4.69, 9.17) is 4.74 Å². The Hall–Kier alpha value is -3.22. The third-order valence-electron chi connectivity index (χ3n) is 4.65. The highest BCUT2D eigenvalue weighted by Crippen LogP contribution is 2.18. The van der Waals surface area contributed by atoms with Crippen molar-refractivity contribution in [1.82, 2.24) is 24.9 Å². The predicted molar refractivity (Wildman–Crippen MR) is 99.5 cm³/mol. The highest BCUT2D eigenvalue weighted by molar-refractivity contribution is 5.78. The second-order valence-corrected chi connectivity index (χ2v) is 6.54. The zero-order valence-corrected chi connectivity index (χ0v) is 14.9. The van der Waals surface area contributed by atoms with Crippen LogP contribution < -0.4 is 4.74 Å². The average Bonchev–Trinajstić information content (AvgIpc) is 3.25. The van der Waals surface area contributed by atoms with Gasteiger partial charge in [-0.05, 0) is 17.7 Å². The summed E-state index contributed by atoms with van der Waals surface area (Å²) in [6, 6.07) is 15.3. The topological polar surface area (TPSA) is 73.1 Å². The summed E-state index contributed by atoms with van der Waals surface area (Å²) in [4.78, 5) is 14.4. The molecular weight excluding hydrogens is 342 g/mol. The lowest BCUT2D eigenvalue weighted by molar-refractivity contribution is -0.132. The van der Waals surface area contributed by atoms with Crippen molar-refractivity contribution in [2.24, 2.45) is 0 Å². The number of ether oxygens (including phenoxy) is 1. The number of amides is 1. The highest BCUT2D eigenvalue weighted by Gasteiger charge is 2.24. The third kappa shape index (κ3) is 4.31. The van der Waals surface area contributed by atoms with Crippen LogP contribution >= 0.6 is 0 Å². The molecule has 1 saturated heterocycles. The molecule has 27 heavy (non-hydrogen) atoms. The predicted octanol–water partition coefficient (Wildman–Crippen LogP) is 2.27. The van der Waals surface area contributed by atoms with Gasteiger partial charge in [-0.1, -0.05) is 30.3 Å². The summed E-state index contributed by atoms with van der Waals surface area (Å²) < 4.78 is 7.58. The van der Waals surface area contributed by atoms with Gasteiger partial charge in [0.25, 0.3) is 0 Å². The molecular formula is C20H21N5O2. The van der Waals surface area contributed by atoms with Crippen LogP contribution in [0.3, 0.4) is 0 Å². The molecule has 138 valence electrons. The first-order valence-corrected chi connectivity index (χ1v) is 9.10. The highest BCUT2D eigenvalue weighted by atomic mass is 16.5. The number of benzene rings is 1. The first-order valence-electron chi connectivity index (χ1n) is 9.10. The quantitative estimate of drug-likeness (QED) is 0.695. The third-order valence-corrected chi connectivity index (χ3v) is 4.65. The molecule has 0 bridgehead atoms. The van der Waals surface area contributed by atoms with Crippen LogP contribution in [0.1, 0.15) is 18.4 Å². The Morgan fingerprint density at radius 1 is 1.04 bits per heavy atom. The van der Waals surface area contributed by atoms with Crippen LogP contribution in [-0.4, -0.2) is 50.0 Å².